The molecule has 4 rings (SSSR count). The molecule has 0 amide bonds. The van der Waals surface area contributed by atoms with Gasteiger partial charge in [0.05, 0.1) is 6.26 Å². The Balaban J connectivity index is 1.84. The third kappa shape index (κ3) is 2.22. The summed E-state index contributed by atoms with van der Waals surface area (Å²) in [6, 6.07) is 7.84. The van der Waals surface area contributed by atoms with E-state index in [2.05, 4.69) is 21.4 Å². The summed E-state index contributed by atoms with van der Waals surface area (Å²) in [4.78, 5) is 11.9. The van der Waals surface area contributed by atoms with Crippen molar-refractivity contribution in [2.24, 2.45) is 0 Å². The van der Waals surface area contributed by atoms with Crippen LogP contribution < -0.4 is 0 Å². The number of hydrogen-bond donors (Lipinski definition) is 0. The van der Waals surface area contributed by atoms with Crippen molar-refractivity contribution in [1.29, 1.82) is 0 Å². The van der Waals surface area contributed by atoms with E-state index in [0.717, 1.165) is 36.0 Å². The number of aromatic nitrogens is 3. The quantitative estimate of drug-likeness (QED) is 0.744. The molecule has 4 heterocycles. The highest BCUT2D eigenvalue weighted by atomic mass is 16.3. The van der Waals surface area contributed by atoms with Crippen LogP contribution in [0.3, 0.4) is 0 Å². The number of nitrogens with zero attached hydrogens (tertiary/aromatic N) is 4. The van der Waals surface area contributed by atoms with E-state index in [1.807, 2.05) is 30.5 Å². The zero-order valence-electron chi connectivity index (χ0n) is 12.8. The number of fused-ring (bicyclic) bond motifs is 1. The molecule has 1 fully saturated rings. The molecule has 0 radical (unpaired) electrons. The summed E-state index contributed by atoms with van der Waals surface area (Å²) in [5.74, 6) is 2.29. The van der Waals surface area contributed by atoms with E-state index >= 15 is 0 Å². The molecule has 0 N–H and O–H groups in total. The summed E-state index contributed by atoms with van der Waals surface area (Å²) < 4.78 is 7.72. The van der Waals surface area contributed by atoms with Gasteiger partial charge in [-0.1, -0.05) is 6.92 Å². The van der Waals surface area contributed by atoms with Crippen molar-refractivity contribution in [2.45, 2.75) is 25.7 Å². The van der Waals surface area contributed by atoms with E-state index in [1.165, 1.54) is 19.4 Å². The topological polar surface area (TPSA) is 47.1 Å². The summed E-state index contributed by atoms with van der Waals surface area (Å²) in [5, 5.41) is 0. The van der Waals surface area contributed by atoms with Gasteiger partial charge in [0.15, 0.2) is 5.65 Å². The molecule has 3 aromatic rings. The Morgan fingerprint density at radius 3 is 3.09 bits per heavy atom. The monoisotopic (exact) mass is 296 g/mol. The van der Waals surface area contributed by atoms with Crippen LogP contribution in [0.2, 0.25) is 0 Å². The van der Waals surface area contributed by atoms with Crippen LogP contribution >= 0.6 is 0 Å². The Bertz CT molecular complexity index is 762. The summed E-state index contributed by atoms with van der Waals surface area (Å²) in [5.41, 5.74) is 1.81. The third-order valence-corrected chi connectivity index (χ3v) is 4.49. The van der Waals surface area contributed by atoms with Crippen LogP contribution in [-0.2, 0) is 0 Å². The molecular formula is C17H20N4O. The molecule has 1 saturated heterocycles. The normalized spacial score (nSPS) is 19.8. The molecule has 1 atom stereocenters. The minimum atomic E-state index is 0.424. The highest BCUT2D eigenvalue weighted by molar-refractivity contribution is 5.73. The summed E-state index contributed by atoms with van der Waals surface area (Å²) in [6.45, 7) is 5.56. The van der Waals surface area contributed by atoms with Crippen LogP contribution in [0.25, 0.3) is 17.0 Å². The standard InChI is InChI=1S/C17H20N4O/c1-2-20-10-4-6-13(12-20)16-19-14-7-3-9-18-17(14)21(16)15-8-5-11-22-15/h3,5,7-9,11,13H,2,4,6,10,12H2,1H3. The van der Waals surface area contributed by atoms with Crippen molar-refractivity contribution in [3.63, 3.8) is 0 Å². The predicted molar refractivity (Wildman–Crippen MR) is 85.2 cm³/mol. The maximum Gasteiger partial charge on any atom is 0.206 e. The number of rotatable bonds is 3. The van der Waals surface area contributed by atoms with Gasteiger partial charge < -0.3 is 9.32 Å². The Labute approximate surface area is 129 Å². The first-order chi connectivity index (χ1) is 10.9. The van der Waals surface area contributed by atoms with Crippen molar-refractivity contribution in [2.75, 3.05) is 19.6 Å². The van der Waals surface area contributed by atoms with Crippen molar-refractivity contribution in [3.05, 3.63) is 42.5 Å². The Morgan fingerprint density at radius 2 is 2.27 bits per heavy atom. The smallest absolute Gasteiger partial charge is 0.206 e. The largest absolute Gasteiger partial charge is 0.448 e. The second kappa shape index (κ2) is 5.57. The van der Waals surface area contributed by atoms with Gasteiger partial charge >= 0.3 is 0 Å². The number of likely N-dealkylation sites (N-methyl/N-ethyl adjacent to an activating group) is 1. The molecular weight excluding hydrogens is 276 g/mol. The fourth-order valence-electron chi connectivity index (χ4n) is 3.37. The summed E-state index contributed by atoms with van der Waals surface area (Å²) >= 11 is 0. The number of hydrogen-bond acceptors (Lipinski definition) is 4. The fraction of sp³-hybridized carbons (Fsp3) is 0.412. The molecule has 0 spiro atoms. The SMILES string of the molecule is CCN1CCCC(c2nc3cccnc3n2-c2ccco2)C1. The van der Waals surface area contributed by atoms with Crippen molar-refractivity contribution < 1.29 is 4.42 Å². The lowest BCUT2D eigenvalue weighted by atomic mass is 9.97. The third-order valence-electron chi connectivity index (χ3n) is 4.49. The van der Waals surface area contributed by atoms with Gasteiger partial charge in [-0.2, -0.15) is 0 Å². The average Bonchev–Trinajstić information content (AvgIpc) is 3.21. The first-order valence-electron chi connectivity index (χ1n) is 7.96. The Morgan fingerprint density at radius 1 is 1.32 bits per heavy atom. The molecule has 0 bridgehead atoms. The number of likely N-dealkylation sites (tertiary alicyclic amines) is 1. The molecule has 0 aromatic carbocycles. The number of imidazole rings is 1. The van der Waals surface area contributed by atoms with Crippen molar-refractivity contribution in [1.82, 2.24) is 19.4 Å². The van der Waals surface area contributed by atoms with Gasteiger partial charge in [0, 0.05) is 24.7 Å². The minimum Gasteiger partial charge on any atom is -0.448 e. The highest BCUT2D eigenvalue weighted by Crippen LogP contribution is 2.30. The van der Waals surface area contributed by atoms with Crippen LogP contribution in [0.15, 0.2) is 41.1 Å². The maximum atomic E-state index is 5.64. The van der Waals surface area contributed by atoms with E-state index in [-0.39, 0.29) is 0 Å². The molecule has 114 valence electrons. The molecule has 0 aliphatic carbocycles. The van der Waals surface area contributed by atoms with E-state index in [9.17, 15) is 0 Å². The van der Waals surface area contributed by atoms with Crippen molar-refractivity contribution in [3.8, 4) is 5.88 Å². The lowest BCUT2D eigenvalue weighted by Gasteiger charge is -2.31. The Hall–Kier alpha value is -2.14. The number of piperidine rings is 1. The first kappa shape index (κ1) is 13.5. The van der Waals surface area contributed by atoms with Gasteiger partial charge in [-0.3, -0.25) is 0 Å². The molecule has 1 unspecified atom stereocenters. The molecule has 5 nitrogen and oxygen atoms in total. The first-order valence-corrected chi connectivity index (χ1v) is 7.96. The summed E-state index contributed by atoms with van der Waals surface area (Å²) in [7, 11) is 0. The van der Waals surface area contributed by atoms with Crippen LogP contribution in [-0.4, -0.2) is 39.1 Å². The van der Waals surface area contributed by atoms with E-state index in [1.54, 1.807) is 6.26 Å². The fourth-order valence-corrected chi connectivity index (χ4v) is 3.37. The minimum absolute atomic E-state index is 0.424. The van der Waals surface area contributed by atoms with E-state index < -0.39 is 0 Å². The van der Waals surface area contributed by atoms with Gasteiger partial charge in [0.2, 0.25) is 5.88 Å². The summed E-state index contributed by atoms with van der Waals surface area (Å²) in [6.07, 6.45) is 5.90. The van der Waals surface area contributed by atoms with Crippen LogP contribution in [0.4, 0.5) is 0 Å². The predicted octanol–water partition coefficient (Wildman–Crippen LogP) is 3.21. The number of furan rings is 1. The molecule has 22 heavy (non-hydrogen) atoms. The molecule has 1 aliphatic rings. The van der Waals surface area contributed by atoms with E-state index in [0.29, 0.717) is 5.92 Å². The molecule has 5 heteroatoms. The van der Waals surface area contributed by atoms with Gasteiger partial charge in [0.25, 0.3) is 0 Å². The van der Waals surface area contributed by atoms with E-state index in [4.69, 9.17) is 9.40 Å². The van der Waals surface area contributed by atoms with Crippen molar-refractivity contribution >= 4 is 11.2 Å². The zero-order valence-corrected chi connectivity index (χ0v) is 12.8. The maximum absolute atomic E-state index is 5.64. The molecule has 1 aliphatic heterocycles. The van der Waals surface area contributed by atoms with Gasteiger partial charge in [-0.25, -0.2) is 14.5 Å². The molecule has 0 saturated carbocycles. The lowest BCUT2D eigenvalue weighted by molar-refractivity contribution is 0.213. The number of pyridine rings is 1. The van der Waals surface area contributed by atoms with Gasteiger partial charge in [-0.15, -0.1) is 0 Å². The van der Waals surface area contributed by atoms with Crippen LogP contribution in [0.5, 0.6) is 0 Å². The van der Waals surface area contributed by atoms with Crippen LogP contribution in [0.1, 0.15) is 31.5 Å². The lowest BCUT2D eigenvalue weighted by Crippen LogP contribution is -2.35. The zero-order chi connectivity index (χ0) is 14.9. The van der Waals surface area contributed by atoms with Crippen LogP contribution in [0, 0.1) is 0 Å². The average molecular weight is 296 g/mol. The Kier molecular flexibility index (Phi) is 3.42. The second-order valence-corrected chi connectivity index (χ2v) is 5.84. The highest BCUT2D eigenvalue weighted by Gasteiger charge is 2.27. The second-order valence-electron chi connectivity index (χ2n) is 5.84. The van der Waals surface area contributed by atoms with Gasteiger partial charge in [-0.05, 0) is 44.1 Å². The van der Waals surface area contributed by atoms with Gasteiger partial charge in [0.1, 0.15) is 11.3 Å². The molecule has 3 aromatic heterocycles.